The standard InChI is InChI=1S/C15H16N4/c1-2-18-10-8-16-14(18)15-17-9-11-19(15)12-13-6-4-3-5-7-13/h3-11H,2,12H2,1H3. The van der Waals surface area contributed by atoms with Crippen molar-refractivity contribution in [2.24, 2.45) is 0 Å². The van der Waals surface area contributed by atoms with Crippen LogP contribution in [0.1, 0.15) is 12.5 Å². The van der Waals surface area contributed by atoms with Crippen molar-refractivity contribution in [3.63, 3.8) is 0 Å². The predicted molar refractivity (Wildman–Crippen MR) is 74.7 cm³/mol. The maximum absolute atomic E-state index is 4.44. The van der Waals surface area contributed by atoms with Gasteiger partial charge in [-0.1, -0.05) is 30.3 Å². The third-order valence-corrected chi connectivity index (χ3v) is 3.17. The third-order valence-electron chi connectivity index (χ3n) is 3.17. The van der Waals surface area contributed by atoms with Gasteiger partial charge in [0.2, 0.25) is 0 Å². The summed E-state index contributed by atoms with van der Waals surface area (Å²) in [5, 5.41) is 0. The van der Waals surface area contributed by atoms with Gasteiger partial charge in [0.1, 0.15) is 0 Å². The molecule has 0 aliphatic rings. The fourth-order valence-electron chi connectivity index (χ4n) is 2.19. The van der Waals surface area contributed by atoms with E-state index >= 15 is 0 Å². The molecule has 0 radical (unpaired) electrons. The molecule has 0 saturated heterocycles. The number of aromatic nitrogens is 4. The van der Waals surface area contributed by atoms with E-state index in [0.717, 1.165) is 24.7 Å². The summed E-state index contributed by atoms with van der Waals surface area (Å²) in [6, 6.07) is 10.4. The highest BCUT2D eigenvalue weighted by atomic mass is 15.1. The lowest BCUT2D eigenvalue weighted by molar-refractivity contribution is 0.740. The van der Waals surface area contributed by atoms with Crippen molar-refractivity contribution in [2.45, 2.75) is 20.0 Å². The van der Waals surface area contributed by atoms with Crippen molar-refractivity contribution in [1.29, 1.82) is 0 Å². The lowest BCUT2D eigenvalue weighted by Crippen LogP contribution is -2.05. The van der Waals surface area contributed by atoms with Crippen molar-refractivity contribution < 1.29 is 0 Å². The summed E-state index contributed by atoms with van der Waals surface area (Å²) in [5.41, 5.74) is 1.26. The van der Waals surface area contributed by atoms with Gasteiger partial charge >= 0.3 is 0 Å². The molecule has 0 fully saturated rings. The smallest absolute Gasteiger partial charge is 0.176 e. The molecule has 0 saturated carbocycles. The van der Waals surface area contributed by atoms with Crippen LogP contribution in [0.25, 0.3) is 11.6 Å². The minimum atomic E-state index is 0.812. The second-order valence-corrected chi connectivity index (χ2v) is 4.40. The first kappa shape index (κ1) is 11.7. The SMILES string of the molecule is CCn1ccnc1-c1nccn1Cc1ccccc1. The maximum Gasteiger partial charge on any atom is 0.176 e. The van der Waals surface area contributed by atoms with Gasteiger partial charge in [0, 0.05) is 37.9 Å². The van der Waals surface area contributed by atoms with E-state index in [9.17, 15) is 0 Å². The van der Waals surface area contributed by atoms with Gasteiger partial charge in [-0.15, -0.1) is 0 Å². The fraction of sp³-hybridized carbons (Fsp3) is 0.200. The van der Waals surface area contributed by atoms with E-state index < -0.39 is 0 Å². The van der Waals surface area contributed by atoms with E-state index in [1.54, 1.807) is 0 Å². The van der Waals surface area contributed by atoms with E-state index in [0.29, 0.717) is 0 Å². The summed E-state index contributed by atoms with van der Waals surface area (Å²) >= 11 is 0. The Balaban J connectivity index is 1.95. The molecule has 0 amide bonds. The molecule has 3 aromatic rings. The Morgan fingerprint density at radius 2 is 1.53 bits per heavy atom. The highest BCUT2D eigenvalue weighted by Crippen LogP contribution is 2.16. The van der Waals surface area contributed by atoms with Crippen LogP contribution in [0.15, 0.2) is 55.1 Å². The highest BCUT2D eigenvalue weighted by Gasteiger charge is 2.11. The molecule has 0 atom stereocenters. The monoisotopic (exact) mass is 252 g/mol. The Hall–Kier alpha value is -2.36. The number of rotatable bonds is 4. The second-order valence-electron chi connectivity index (χ2n) is 4.40. The van der Waals surface area contributed by atoms with Gasteiger partial charge in [-0.3, -0.25) is 0 Å². The van der Waals surface area contributed by atoms with Crippen molar-refractivity contribution in [1.82, 2.24) is 19.1 Å². The van der Waals surface area contributed by atoms with Crippen molar-refractivity contribution in [3.05, 3.63) is 60.7 Å². The molecule has 4 heteroatoms. The van der Waals surface area contributed by atoms with Crippen LogP contribution in [0.3, 0.4) is 0 Å². The number of benzene rings is 1. The van der Waals surface area contributed by atoms with Crippen LogP contribution >= 0.6 is 0 Å². The Kier molecular flexibility index (Phi) is 3.14. The zero-order valence-electron chi connectivity index (χ0n) is 10.9. The van der Waals surface area contributed by atoms with Gasteiger partial charge in [-0.05, 0) is 12.5 Å². The van der Waals surface area contributed by atoms with E-state index in [-0.39, 0.29) is 0 Å². The first-order valence-corrected chi connectivity index (χ1v) is 6.45. The van der Waals surface area contributed by atoms with Gasteiger partial charge in [-0.2, -0.15) is 0 Å². The van der Waals surface area contributed by atoms with Crippen molar-refractivity contribution in [2.75, 3.05) is 0 Å². The van der Waals surface area contributed by atoms with Crippen molar-refractivity contribution >= 4 is 0 Å². The number of imidazole rings is 2. The van der Waals surface area contributed by atoms with Crippen LogP contribution in [-0.2, 0) is 13.1 Å². The molecular weight excluding hydrogens is 236 g/mol. The third kappa shape index (κ3) is 2.29. The van der Waals surface area contributed by atoms with Crippen LogP contribution < -0.4 is 0 Å². The highest BCUT2D eigenvalue weighted by molar-refractivity contribution is 5.45. The summed E-state index contributed by atoms with van der Waals surface area (Å²) in [4.78, 5) is 8.85. The van der Waals surface area contributed by atoms with E-state index in [1.165, 1.54) is 5.56 Å². The molecule has 1 aromatic carbocycles. The van der Waals surface area contributed by atoms with E-state index in [2.05, 4.69) is 50.3 Å². The normalized spacial score (nSPS) is 10.8. The molecule has 19 heavy (non-hydrogen) atoms. The molecule has 4 nitrogen and oxygen atoms in total. The van der Waals surface area contributed by atoms with Crippen LogP contribution in [0.5, 0.6) is 0 Å². The average molecular weight is 252 g/mol. The molecule has 2 heterocycles. The zero-order valence-corrected chi connectivity index (χ0v) is 10.9. The second kappa shape index (κ2) is 5.10. The molecule has 0 bridgehead atoms. The summed E-state index contributed by atoms with van der Waals surface area (Å²) in [6.45, 7) is 3.82. The topological polar surface area (TPSA) is 35.6 Å². The van der Waals surface area contributed by atoms with Gasteiger partial charge in [0.05, 0.1) is 0 Å². The maximum atomic E-state index is 4.44. The Labute approximate surface area is 112 Å². The largest absolute Gasteiger partial charge is 0.329 e. The average Bonchev–Trinajstić information content (AvgIpc) is 3.07. The molecule has 0 spiro atoms. The first-order chi connectivity index (χ1) is 9.38. The van der Waals surface area contributed by atoms with Crippen LogP contribution in [0.4, 0.5) is 0 Å². The summed E-state index contributed by atoms with van der Waals surface area (Å²) in [7, 11) is 0. The lowest BCUT2D eigenvalue weighted by atomic mass is 10.2. The molecule has 0 aliphatic carbocycles. The molecule has 3 rings (SSSR count). The predicted octanol–water partition coefficient (Wildman–Crippen LogP) is 2.81. The van der Waals surface area contributed by atoms with E-state index in [1.807, 2.05) is 30.9 Å². The fourth-order valence-corrected chi connectivity index (χ4v) is 2.19. The van der Waals surface area contributed by atoms with Crippen LogP contribution in [0.2, 0.25) is 0 Å². The van der Waals surface area contributed by atoms with Crippen LogP contribution in [-0.4, -0.2) is 19.1 Å². The summed E-state index contributed by atoms with van der Waals surface area (Å²) in [5.74, 6) is 1.83. The summed E-state index contributed by atoms with van der Waals surface area (Å²) in [6.07, 6.45) is 7.63. The minimum Gasteiger partial charge on any atom is -0.329 e. The van der Waals surface area contributed by atoms with Gasteiger partial charge in [0.25, 0.3) is 0 Å². The molecule has 0 aliphatic heterocycles. The Morgan fingerprint density at radius 1 is 0.895 bits per heavy atom. The first-order valence-electron chi connectivity index (χ1n) is 6.45. The molecule has 2 aromatic heterocycles. The quantitative estimate of drug-likeness (QED) is 0.715. The minimum absolute atomic E-state index is 0.812. The van der Waals surface area contributed by atoms with Crippen molar-refractivity contribution in [3.8, 4) is 11.6 Å². The number of hydrogen-bond donors (Lipinski definition) is 0. The van der Waals surface area contributed by atoms with Crippen LogP contribution in [0, 0.1) is 0 Å². The zero-order chi connectivity index (χ0) is 13.1. The van der Waals surface area contributed by atoms with Gasteiger partial charge < -0.3 is 9.13 Å². The summed E-state index contributed by atoms with van der Waals surface area (Å²) < 4.78 is 4.23. The van der Waals surface area contributed by atoms with Gasteiger partial charge in [0.15, 0.2) is 11.6 Å². The molecular formula is C15H16N4. The van der Waals surface area contributed by atoms with Gasteiger partial charge in [-0.25, -0.2) is 9.97 Å². The lowest BCUT2D eigenvalue weighted by Gasteiger charge is -2.09. The number of hydrogen-bond acceptors (Lipinski definition) is 2. The molecule has 0 N–H and O–H groups in total. The Morgan fingerprint density at radius 3 is 2.21 bits per heavy atom. The van der Waals surface area contributed by atoms with E-state index in [4.69, 9.17) is 0 Å². The molecule has 96 valence electrons. The number of nitrogens with zero attached hydrogens (tertiary/aromatic N) is 4. The number of aryl methyl sites for hydroxylation is 1. The Bertz CT molecular complexity index is 652. The molecule has 0 unspecified atom stereocenters.